The molecule has 0 radical (unpaired) electrons. The Bertz CT molecular complexity index is 1170. The van der Waals surface area contributed by atoms with Crippen LogP contribution in [0.5, 0.6) is 0 Å². The summed E-state index contributed by atoms with van der Waals surface area (Å²) in [5.41, 5.74) is 1.97. The standard InChI is InChI=1S/C24H34N4O4S2/c1-20-7-11-22(12-8-20)33(29,30)26-16-6-15-25-24(19-28-17-4-3-5-18-28)27-34(31,32)23-13-9-21(2)10-14-23/h7-14,26H,3-6,15-19H2,1-2H3,(H,25,27). The van der Waals surface area contributed by atoms with Crippen molar-refractivity contribution in [2.45, 2.75) is 49.3 Å². The Balaban J connectivity index is 1.62. The molecule has 0 saturated carbocycles. The molecule has 0 unspecified atom stereocenters. The second-order valence-corrected chi connectivity index (χ2v) is 12.1. The van der Waals surface area contributed by atoms with Crippen molar-refractivity contribution in [1.29, 1.82) is 0 Å². The Hall–Kier alpha value is -2.27. The highest BCUT2D eigenvalue weighted by Gasteiger charge is 2.19. The number of rotatable bonds is 10. The van der Waals surface area contributed by atoms with Gasteiger partial charge in [0.25, 0.3) is 10.0 Å². The van der Waals surface area contributed by atoms with Crippen molar-refractivity contribution >= 4 is 25.9 Å². The number of likely N-dealkylation sites (tertiary alicyclic amines) is 1. The monoisotopic (exact) mass is 506 g/mol. The van der Waals surface area contributed by atoms with Gasteiger partial charge < -0.3 is 0 Å². The molecule has 0 amide bonds. The maximum atomic E-state index is 12.9. The molecule has 186 valence electrons. The van der Waals surface area contributed by atoms with Crippen LogP contribution < -0.4 is 9.44 Å². The number of piperidine rings is 1. The first-order valence-electron chi connectivity index (χ1n) is 11.6. The van der Waals surface area contributed by atoms with Crippen LogP contribution in [0.1, 0.15) is 36.8 Å². The molecule has 2 N–H and O–H groups in total. The number of amidine groups is 1. The van der Waals surface area contributed by atoms with Gasteiger partial charge in [0.2, 0.25) is 10.0 Å². The molecule has 34 heavy (non-hydrogen) atoms. The summed E-state index contributed by atoms with van der Waals surface area (Å²) in [6.45, 7) is 6.54. The molecule has 1 aliphatic rings. The fourth-order valence-electron chi connectivity index (χ4n) is 3.68. The molecule has 1 heterocycles. The lowest BCUT2D eigenvalue weighted by atomic mass is 10.1. The third kappa shape index (κ3) is 7.90. The number of benzene rings is 2. The van der Waals surface area contributed by atoms with Crippen LogP contribution in [0.25, 0.3) is 0 Å². The quantitative estimate of drug-likeness (QED) is 0.293. The molecule has 0 aliphatic carbocycles. The Morgan fingerprint density at radius 3 is 1.91 bits per heavy atom. The smallest absolute Gasteiger partial charge is 0.262 e. The summed E-state index contributed by atoms with van der Waals surface area (Å²) in [5.74, 6) is 0.379. The minimum Gasteiger partial charge on any atom is -0.296 e. The van der Waals surface area contributed by atoms with Gasteiger partial charge in [-0.3, -0.25) is 14.6 Å². The van der Waals surface area contributed by atoms with Crippen LogP contribution in [-0.2, 0) is 20.0 Å². The molecule has 0 bridgehead atoms. The molecular weight excluding hydrogens is 472 g/mol. The van der Waals surface area contributed by atoms with Gasteiger partial charge in [0.05, 0.1) is 16.3 Å². The van der Waals surface area contributed by atoms with Crippen molar-refractivity contribution in [2.75, 3.05) is 32.7 Å². The Kier molecular flexibility index (Phi) is 9.24. The van der Waals surface area contributed by atoms with Gasteiger partial charge in [-0.05, 0) is 70.5 Å². The zero-order chi connectivity index (χ0) is 24.6. The van der Waals surface area contributed by atoms with E-state index in [-0.39, 0.29) is 16.3 Å². The van der Waals surface area contributed by atoms with Crippen molar-refractivity contribution in [2.24, 2.45) is 4.99 Å². The number of hydrogen-bond acceptors (Lipinski definition) is 6. The fourth-order valence-corrected chi connectivity index (χ4v) is 5.80. The van der Waals surface area contributed by atoms with E-state index in [4.69, 9.17) is 0 Å². The maximum absolute atomic E-state index is 12.9. The molecule has 10 heteroatoms. The Morgan fingerprint density at radius 1 is 0.824 bits per heavy atom. The minimum atomic E-state index is -3.75. The SMILES string of the molecule is Cc1ccc(S(=O)(=O)NCCCN=C(CN2CCCCC2)NS(=O)(=O)c2ccc(C)cc2)cc1. The van der Waals surface area contributed by atoms with E-state index >= 15 is 0 Å². The lowest BCUT2D eigenvalue weighted by molar-refractivity contribution is 0.257. The van der Waals surface area contributed by atoms with Crippen LogP contribution in [0, 0.1) is 13.8 Å². The normalized spacial score (nSPS) is 15.9. The van der Waals surface area contributed by atoms with E-state index in [1.165, 1.54) is 6.42 Å². The third-order valence-corrected chi connectivity index (χ3v) is 8.54. The van der Waals surface area contributed by atoms with Gasteiger partial charge in [-0.1, -0.05) is 41.8 Å². The molecule has 3 rings (SSSR count). The van der Waals surface area contributed by atoms with E-state index in [9.17, 15) is 16.8 Å². The zero-order valence-electron chi connectivity index (χ0n) is 19.8. The third-order valence-electron chi connectivity index (χ3n) is 5.67. The van der Waals surface area contributed by atoms with Gasteiger partial charge >= 0.3 is 0 Å². The molecule has 2 aromatic rings. The molecule has 1 aliphatic heterocycles. The van der Waals surface area contributed by atoms with Crippen molar-refractivity contribution < 1.29 is 16.8 Å². The molecule has 1 fully saturated rings. The van der Waals surface area contributed by atoms with Crippen LogP contribution in [0.4, 0.5) is 0 Å². The summed E-state index contributed by atoms with van der Waals surface area (Å²) < 4.78 is 55.9. The second kappa shape index (κ2) is 11.9. The fraction of sp³-hybridized carbons (Fsp3) is 0.458. The Morgan fingerprint density at radius 2 is 1.35 bits per heavy atom. The maximum Gasteiger partial charge on any atom is 0.262 e. The van der Waals surface area contributed by atoms with Gasteiger partial charge in [0.15, 0.2) is 0 Å². The molecule has 2 aromatic carbocycles. The summed E-state index contributed by atoms with van der Waals surface area (Å²) in [7, 11) is -7.34. The van der Waals surface area contributed by atoms with Crippen molar-refractivity contribution in [3.8, 4) is 0 Å². The summed E-state index contributed by atoms with van der Waals surface area (Å²) in [4.78, 5) is 7.11. The van der Waals surface area contributed by atoms with Crippen LogP contribution in [0.2, 0.25) is 0 Å². The largest absolute Gasteiger partial charge is 0.296 e. The summed E-state index contributed by atoms with van der Waals surface area (Å²) in [6.07, 6.45) is 3.79. The van der Waals surface area contributed by atoms with Crippen LogP contribution >= 0.6 is 0 Å². The summed E-state index contributed by atoms with van der Waals surface area (Å²) in [5, 5.41) is 0. The van der Waals surface area contributed by atoms with E-state index < -0.39 is 20.0 Å². The van der Waals surface area contributed by atoms with Gasteiger partial charge in [-0.15, -0.1) is 0 Å². The van der Waals surface area contributed by atoms with Gasteiger partial charge in [-0.2, -0.15) is 0 Å². The van der Waals surface area contributed by atoms with E-state index in [0.717, 1.165) is 37.1 Å². The lowest BCUT2D eigenvalue weighted by Crippen LogP contribution is -2.42. The number of nitrogens with zero attached hydrogens (tertiary/aromatic N) is 2. The molecule has 0 atom stereocenters. The molecule has 8 nitrogen and oxygen atoms in total. The number of aliphatic imine (C=N–C) groups is 1. The van der Waals surface area contributed by atoms with Crippen molar-refractivity contribution in [1.82, 2.24) is 14.3 Å². The molecule has 0 aromatic heterocycles. The predicted molar refractivity (Wildman–Crippen MR) is 135 cm³/mol. The first-order valence-corrected chi connectivity index (χ1v) is 14.5. The highest BCUT2D eigenvalue weighted by molar-refractivity contribution is 7.90. The van der Waals surface area contributed by atoms with Gasteiger partial charge in [0, 0.05) is 13.1 Å². The average Bonchev–Trinajstić information content (AvgIpc) is 2.80. The second-order valence-electron chi connectivity index (χ2n) is 8.65. The van der Waals surface area contributed by atoms with Gasteiger partial charge in [0.1, 0.15) is 5.84 Å². The van der Waals surface area contributed by atoms with E-state index in [1.807, 2.05) is 13.8 Å². The van der Waals surface area contributed by atoms with Crippen molar-refractivity contribution in [3.63, 3.8) is 0 Å². The number of aryl methyl sites for hydroxylation is 2. The molecular formula is C24H34N4O4S2. The topological polar surface area (TPSA) is 108 Å². The van der Waals surface area contributed by atoms with Crippen LogP contribution in [0.15, 0.2) is 63.3 Å². The van der Waals surface area contributed by atoms with Crippen LogP contribution in [0.3, 0.4) is 0 Å². The van der Waals surface area contributed by atoms with E-state index in [2.05, 4.69) is 19.3 Å². The van der Waals surface area contributed by atoms with E-state index in [0.29, 0.717) is 25.3 Å². The van der Waals surface area contributed by atoms with Gasteiger partial charge in [-0.25, -0.2) is 21.6 Å². The van der Waals surface area contributed by atoms with Crippen molar-refractivity contribution in [3.05, 3.63) is 59.7 Å². The lowest BCUT2D eigenvalue weighted by Gasteiger charge is -2.27. The number of hydrogen-bond donors (Lipinski definition) is 2. The first kappa shape index (κ1) is 26.3. The number of sulfonamides is 2. The molecule has 0 spiro atoms. The average molecular weight is 507 g/mol. The highest BCUT2D eigenvalue weighted by Crippen LogP contribution is 2.12. The predicted octanol–water partition coefficient (Wildman–Crippen LogP) is 2.83. The first-order chi connectivity index (χ1) is 16.2. The highest BCUT2D eigenvalue weighted by atomic mass is 32.2. The summed E-state index contributed by atoms with van der Waals surface area (Å²) >= 11 is 0. The zero-order valence-corrected chi connectivity index (χ0v) is 21.5. The van der Waals surface area contributed by atoms with Crippen LogP contribution in [-0.4, -0.2) is 60.3 Å². The number of nitrogens with one attached hydrogen (secondary N) is 2. The van der Waals surface area contributed by atoms with E-state index in [1.54, 1.807) is 48.5 Å². The molecule has 1 saturated heterocycles. The minimum absolute atomic E-state index is 0.190. The summed E-state index contributed by atoms with van der Waals surface area (Å²) in [6, 6.07) is 13.3. The Labute approximate surface area is 203 Å².